The lowest BCUT2D eigenvalue weighted by Crippen LogP contribution is -2.35. The molecule has 0 aliphatic carbocycles. The van der Waals surface area contributed by atoms with Crippen molar-refractivity contribution in [3.8, 4) is 0 Å². The molecule has 0 fully saturated rings. The molecule has 0 radical (unpaired) electrons. The van der Waals surface area contributed by atoms with Crippen LogP contribution in [0.15, 0.2) is 22.9 Å². The van der Waals surface area contributed by atoms with Crippen LogP contribution in [-0.4, -0.2) is 17.9 Å². The van der Waals surface area contributed by atoms with E-state index >= 15 is 0 Å². The fraction of sp³-hybridized carbons (Fsp3) is 0.500. The molecule has 4 N–H and O–H groups in total. The van der Waals surface area contributed by atoms with E-state index in [2.05, 4.69) is 5.32 Å². The monoisotopic (exact) mass is 190 g/mol. The van der Waals surface area contributed by atoms with E-state index in [1.807, 2.05) is 19.9 Å². The Kier molecular flexibility index (Phi) is 4.31. The van der Waals surface area contributed by atoms with Crippen LogP contribution in [-0.2, 0) is 0 Å². The molecule has 0 bridgehead atoms. The van der Waals surface area contributed by atoms with Gasteiger partial charge in [0.1, 0.15) is 6.23 Å². The molecule has 3 nitrogen and oxygen atoms in total. The van der Waals surface area contributed by atoms with Gasteiger partial charge in [0.25, 0.3) is 0 Å². The topological polar surface area (TPSA) is 58.3 Å². The van der Waals surface area contributed by atoms with Crippen molar-refractivity contribution < 1.29 is 5.11 Å². The van der Waals surface area contributed by atoms with Crippen molar-refractivity contribution in [1.82, 2.24) is 5.32 Å². The molecule has 1 atom stereocenters. The number of hydrogen-bond acceptors (Lipinski definition) is 3. The number of aliphatic hydroxyl groups is 1. The van der Waals surface area contributed by atoms with Crippen molar-refractivity contribution in [3.63, 3.8) is 0 Å². The highest BCUT2D eigenvalue weighted by Gasteiger charge is 2.14. The Balaban J connectivity index is 0.00000121. The van der Waals surface area contributed by atoms with Crippen LogP contribution >= 0.6 is 12.4 Å². The number of nitrogens with two attached hydrogens (primary N) is 1. The highest BCUT2D eigenvalue weighted by atomic mass is 35.5. The quantitative estimate of drug-likeness (QED) is 0.565. The molecule has 0 aromatic heterocycles. The second-order valence-corrected chi connectivity index (χ2v) is 2.79. The third-order valence-corrected chi connectivity index (χ3v) is 1.85. The average Bonchev–Trinajstić information content (AvgIpc) is 1.85. The van der Waals surface area contributed by atoms with Gasteiger partial charge in [-0.3, -0.25) is 0 Å². The summed E-state index contributed by atoms with van der Waals surface area (Å²) in [6.07, 6.45) is 1.39. The highest BCUT2D eigenvalue weighted by Crippen LogP contribution is 2.14. The molecule has 1 aliphatic heterocycles. The first-order chi connectivity index (χ1) is 5.15. The Hall–Kier alpha value is -0.510. The molecule has 0 aromatic rings. The SMILES string of the molecule is CC1=CC(C)=C(CN)C(O)N1.Cl. The molecule has 12 heavy (non-hydrogen) atoms. The van der Waals surface area contributed by atoms with E-state index in [-0.39, 0.29) is 12.4 Å². The first-order valence-corrected chi connectivity index (χ1v) is 3.67. The van der Waals surface area contributed by atoms with Gasteiger partial charge in [-0.25, -0.2) is 0 Å². The second-order valence-electron chi connectivity index (χ2n) is 2.79. The molecule has 0 saturated carbocycles. The summed E-state index contributed by atoms with van der Waals surface area (Å²) in [5.41, 5.74) is 8.36. The fourth-order valence-corrected chi connectivity index (χ4v) is 1.25. The zero-order chi connectivity index (χ0) is 8.43. The Morgan fingerprint density at radius 2 is 2.17 bits per heavy atom. The van der Waals surface area contributed by atoms with Crippen molar-refractivity contribution in [2.24, 2.45) is 5.73 Å². The molecule has 0 aromatic carbocycles. The van der Waals surface area contributed by atoms with Gasteiger partial charge in [-0.2, -0.15) is 0 Å². The van der Waals surface area contributed by atoms with Crippen LogP contribution in [0.3, 0.4) is 0 Å². The number of allylic oxidation sites excluding steroid dienone is 3. The Morgan fingerprint density at radius 1 is 1.58 bits per heavy atom. The van der Waals surface area contributed by atoms with E-state index < -0.39 is 6.23 Å². The minimum Gasteiger partial charge on any atom is -0.370 e. The number of nitrogens with one attached hydrogen (secondary N) is 1. The highest BCUT2D eigenvalue weighted by molar-refractivity contribution is 5.85. The molecule has 0 amide bonds. The summed E-state index contributed by atoms with van der Waals surface area (Å²) in [5.74, 6) is 0. The maximum atomic E-state index is 9.42. The van der Waals surface area contributed by atoms with Crippen molar-refractivity contribution in [3.05, 3.63) is 22.9 Å². The predicted octanol–water partition coefficient (Wildman–Crippen LogP) is 0.509. The molecular weight excluding hydrogens is 176 g/mol. The van der Waals surface area contributed by atoms with Crippen molar-refractivity contribution in [1.29, 1.82) is 0 Å². The zero-order valence-corrected chi connectivity index (χ0v) is 8.11. The van der Waals surface area contributed by atoms with Gasteiger partial charge < -0.3 is 16.2 Å². The number of rotatable bonds is 1. The minimum absolute atomic E-state index is 0. The molecule has 1 heterocycles. The van der Waals surface area contributed by atoms with Gasteiger partial charge in [-0.15, -0.1) is 12.4 Å². The molecule has 0 saturated heterocycles. The van der Waals surface area contributed by atoms with Crippen molar-refractivity contribution in [2.75, 3.05) is 6.54 Å². The van der Waals surface area contributed by atoms with Crippen molar-refractivity contribution in [2.45, 2.75) is 20.1 Å². The second kappa shape index (κ2) is 4.50. The number of halogens is 1. The Morgan fingerprint density at radius 3 is 2.58 bits per heavy atom. The van der Waals surface area contributed by atoms with Gasteiger partial charge in [-0.1, -0.05) is 0 Å². The van der Waals surface area contributed by atoms with Crippen LogP contribution in [0.2, 0.25) is 0 Å². The van der Waals surface area contributed by atoms with E-state index in [1.165, 1.54) is 0 Å². The molecular formula is C8H15ClN2O. The fourth-order valence-electron chi connectivity index (χ4n) is 1.25. The molecule has 70 valence electrons. The van der Waals surface area contributed by atoms with Crippen LogP contribution in [0, 0.1) is 0 Å². The molecule has 1 aliphatic rings. The van der Waals surface area contributed by atoms with Crippen LogP contribution in [0.1, 0.15) is 13.8 Å². The third-order valence-electron chi connectivity index (χ3n) is 1.85. The number of dihydropyridines is 1. The van der Waals surface area contributed by atoms with E-state index in [1.54, 1.807) is 0 Å². The van der Waals surface area contributed by atoms with Crippen LogP contribution in [0.25, 0.3) is 0 Å². The Bertz CT molecular complexity index is 223. The first-order valence-electron chi connectivity index (χ1n) is 3.67. The van der Waals surface area contributed by atoms with Crippen LogP contribution in [0.4, 0.5) is 0 Å². The van der Waals surface area contributed by atoms with Gasteiger partial charge in [-0.05, 0) is 31.1 Å². The summed E-state index contributed by atoms with van der Waals surface area (Å²) in [4.78, 5) is 0. The summed E-state index contributed by atoms with van der Waals surface area (Å²) in [5, 5.41) is 12.3. The van der Waals surface area contributed by atoms with Gasteiger partial charge in [0, 0.05) is 12.2 Å². The average molecular weight is 191 g/mol. The lowest BCUT2D eigenvalue weighted by Gasteiger charge is -2.23. The van der Waals surface area contributed by atoms with E-state index in [9.17, 15) is 5.11 Å². The molecule has 4 heteroatoms. The van der Waals surface area contributed by atoms with Gasteiger partial charge in [0.05, 0.1) is 0 Å². The molecule has 0 spiro atoms. The summed E-state index contributed by atoms with van der Waals surface area (Å²) in [7, 11) is 0. The first kappa shape index (κ1) is 11.5. The van der Waals surface area contributed by atoms with Crippen LogP contribution < -0.4 is 11.1 Å². The summed E-state index contributed by atoms with van der Waals surface area (Å²) < 4.78 is 0. The van der Waals surface area contributed by atoms with E-state index in [0.29, 0.717) is 6.54 Å². The third kappa shape index (κ3) is 2.24. The number of aliphatic hydroxyl groups excluding tert-OH is 1. The smallest absolute Gasteiger partial charge is 0.148 e. The maximum absolute atomic E-state index is 9.42. The van der Waals surface area contributed by atoms with Gasteiger partial charge in [0.15, 0.2) is 0 Å². The predicted molar refractivity (Wildman–Crippen MR) is 51.9 cm³/mol. The van der Waals surface area contributed by atoms with Crippen LogP contribution in [0.5, 0.6) is 0 Å². The van der Waals surface area contributed by atoms with E-state index in [0.717, 1.165) is 16.8 Å². The number of hydrogen-bond donors (Lipinski definition) is 3. The molecule has 1 rings (SSSR count). The van der Waals surface area contributed by atoms with Crippen molar-refractivity contribution >= 4 is 12.4 Å². The lowest BCUT2D eigenvalue weighted by molar-refractivity contribution is 0.180. The van der Waals surface area contributed by atoms with Gasteiger partial charge in [0.2, 0.25) is 0 Å². The Labute approximate surface area is 78.7 Å². The summed E-state index contributed by atoms with van der Waals surface area (Å²) in [6.45, 7) is 4.28. The maximum Gasteiger partial charge on any atom is 0.148 e. The largest absolute Gasteiger partial charge is 0.370 e. The lowest BCUT2D eigenvalue weighted by atomic mass is 10.0. The van der Waals surface area contributed by atoms with E-state index in [4.69, 9.17) is 5.73 Å². The molecule has 1 unspecified atom stereocenters. The minimum atomic E-state index is -0.593. The summed E-state index contributed by atoms with van der Waals surface area (Å²) in [6, 6.07) is 0. The zero-order valence-electron chi connectivity index (χ0n) is 7.29. The van der Waals surface area contributed by atoms with Gasteiger partial charge >= 0.3 is 0 Å². The standard InChI is InChI=1S/C8H14N2O.ClH/c1-5-3-6(2)10-8(11)7(5)4-9;/h3,8,10-11H,4,9H2,1-2H3;1H. The normalized spacial score (nSPS) is 22.7. The summed E-state index contributed by atoms with van der Waals surface area (Å²) >= 11 is 0.